The SMILES string of the molecule is Cn1ncc(Cl)c1S(=O)(=O)N1CCc2c(N)cccc2C1. The van der Waals surface area contributed by atoms with Crippen LogP contribution < -0.4 is 5.73 Å². The topological polar surface area (TPSA) is 81.2 Å². The van der Waals surface area contributed by atoms with Gasteiger partial charge in [0.05, 0.1) is 11.2 Å². The summed E-state index contributed by atoms with van der Waals surface area (Å²) in [5.74, 6) is 0. The third-order valence-corrected chi connectivity index (χ3v) is 6.05. The van der Waals surface area contributed by atoms with Crippen LogP contribution in [-0.4, -0.2) is 29.0 Å². The molecule has 0 spiro atoms. The molecule has 1 aliphatic heterocycles. The molecule has 0 radical (unpaired) electrons. The molecule has 0 saturated heterocycles. The summed E-state index contributed by atoms with van der Waals surface area (Å²) < 4.78 is 28.2. The highest BCUT2D eigenvalue weighted by Gasteiger charge is 2.32. The fourth-order valence-electron chi connectivity index (χ4n) is 2.63. The van der Waals surface area contributed by atoms with Crippen molar-refractivity contribution in [3.05, 3.63) is 40.5 Å². The number of hydrogen-bond donors (Lipinski definition) is 1. The highest BCUT2D eigenvalue weighted by atomic mass is 35.5. The van der Waals surface area contributed by atoms with Crippen LogP contribution in [0.5, 0.6) is 0 Å². The van der Waals surface area contributed by atoms with Crippen molar-refractivity contribution < 1.29 is 8.42 Å². The Morgan fingerprint density at radius 2 is 2.14 bits per heavy atom. The van der Waals surface area contributed by atoms with Gasteiger partial charge in [0.25, 0.3) is 10.0 Å². The molecule has 0 amide bonds. The number of sulfonamides is 1. The van der Waals surface area contributed by atoms with Crippen molar-refractivity contribution in [1.82, 2.24) is 14.1 Å². The van der Waals surface area contributed by atoms with Gasteiger partial charge in [-0.05, 0) is 23.6 Å². The molecule has 21 heavy (non-hydrogen) atoms. The molecule has 0 fully saturated rings. The molecule has 2 N–H and O–H groups in total. The molecule has 1 aromatic heterocycles. The predicted molar refractivity (Wildman–Crippen MR) is 80.4 cm³/mol. The average molecular weight is 327 g/mol. The van der Waals surface area contributed by atoms with Gasteiger partial charge in [-0.2, -0.15) is 9.40 Å². The lowest BCUT2D eigenvalue weighted by atomic mass is 9.99. The fraction of sp³-hybridized carbons (Fsp3) is 0.308. The van der Waals surface area contributed by atoms with E-state index < -0.39 is 10.0 Å². The monoisotopic (exact) mass is 326 g/mol. The van der Waals surface area contributed by atoms with Crippen LogP contribution >= 0.6 is 11.6 Å². The van der Waals surface area contributed by atoms with Crippen molar-refractivity contribution in [3.8, 4) is 0 Å². The normalized spacial score (nSPS) is 15.9. The van der Waals surface area contributed by atoms with Gasteiger partial charge < -0.3 is 5.73 Å². The van der Waals surface area contributed by atoms with Gasteiger partial charge >= 0.3 is 0 Å². The molecule has 0 bridgehead atoms. The summed E-state index contributed by atoms with van der Waals surface area (Å²) in [4.78, 5) is 0. The number of aromatic nitrogens is 2. The molecule has 3 rings (SSSR count). The number of halogens is 1. The second-order valence-electron chi connectivity index (χ2n) is 4.99. The maximum absolute atomic E-state index is 12.7. The number of fused-ring (bicyclic) bond motifs is 1. The third kappa shape index (κ3) is 2.31. The number of benzene rings is 1. The van der Waals surface area contributed by atoms with Gasteiger partial charge in [-0.25, -0.2) is 8.42 Å². The van der Waals surface area contributed by atoms with Crippen molar-refractivity contribution in [2.75, 3.05) is 12.3 Å². The summed E-state index contributed by atoms with van der Waals surface area (Å²) in [7, 11) is -2.11. The fourth-order valence-corrected chi connectivity index (χ4v) is 4.65. The Hall–Kier alpha value is -1.57. The van der Waals surface area contributed by atoms with Crippen LogP contribution in [0.1, 0.15) is 11.1 Å². The van der Waals surface area contributed by atoms with E-state index in [0.29, 0.717) is 25.2 Å². The van der Waals surface area contributed by atoms with Crippen LogP contribution in [0.25, 0.3) is 0 Å². The lowest BCUT2D eigenvalue weighted by Crippen LogP contribution is -2.37. The zero-order valence-electron chi connectivity index (χ0n) is 11.5. The van der Waals surface area contributed by atoms with Crippen LogP contribution in [0, 0.1) is 0 Å². The second kappa shape index (κ2) is 5.01. The van der Waals surface area contributed by atoms with Gasteiger partial charge in [-0.3, -0.25) is 4.68 Å². The summed E-state index contributed by atoms with van der Waals surface area (Å²) in [6.07, 6.45) is 1.93. The molecule has 0 saturated carbocycles. The van der Waals surface area contributed by atoms with E-state index in [1.54, 1.807) is 7.05 Å². The minimum Gasteiger partial charge on any atom is -0.398 e. The first-order valence-electron chi connectivity index (χ1n) is 6.45. The van der Waals surface area contributed by atoms with Crippen molar-refractivity contribution in [2.24, 2.45) is 7.05 Å². The molecule has 8 heteroatoms. The van der Waals surface area contributed by atoms with Crippen molar-refractivity contribution in [3.63, 3.8) is 0 Å². The van der Waals surface area contributed by atoms with Gasteiger partial charge in [-0.15, -0.1) is 0 Å². The molecule has 0 aliphatic carbocycles. The van der Waals surface area contributed by atoms with Crippen LogP contribution in [-0.2, 0) is 30.0 Å². The smallest absolute Gasteiger partial charge is 0.262 e. The maximum atomic E-state index is 12.7. The average Bonchev–Trinajstić information content (AvgIpc) is 2.78. The molecule has 1 aromatic carbocycles. The Labute approximate surface area is 128 Å². The zero-order chi connectivity index (χ0) is 15.2. The molecule has 1 aliphatic rings. The number of hydrogen-bond acceptors (Lipinski definition) is 4. The molecule has 0 atom stereocenters. The Bertz CT molecular complexity index is 781. The van der Waals surface area contributed by atoms with Gasteiger partial charge in [0.1, 0.15) is 0 Å². The van der Waals surface area contributed by atoms with E-state index in [1.807, 2.05) is 18.2 Å². The van der Waals surface area contributed by atoms with E-state index in [1.165, 1.54) is 15.2 Å². The molecule has 2 heterocycles. The zero-order valence-corrected chi connectivity index (χ0v) is 13.0. The van der Waals surface area contributed by atoms with Gasteiger partial charge in [0.15, 0.2) is 5.03 Å². The minimum absolute atomic E-state index is 0.0246. The van der Waals surface area contributed by atoms with Crippen molar-refractivity contribution in [1.29, 1.82) is 0 Å². The Balaban J connectivity index is 2.00. The number of aryl methyl sites for hydroxylation is 1. The van der Waals surface area contributed by atoms with E-state index >= 15 is 0 Å². The number of anilines is 1. The first kappa shape index (κ1) is 14.4. The number of rotatable bonds is 2. The molecule has 2 aromatic rings. The van der Waals surface area contributed by atoms with Crippen molar-refractivity contribution in [2.45, 2.75) is 18.0 Å². The molecular weight excluding hydrogens is 312 g/mol. The lowest BCUT2D eigenvalue weighted by Gasteiger charge is -2.28. The van der Waals surface area contributed by atoms with Crippen LogP contribution in [0.2, 0.25) is 5.02 Å². The number of nitrogens with two attached hydrogens (primary N) is 1. The number of nitrogens with zero attached hydrogens (tertiary/aromatic N) is 3. The van der Waals surface area contributed by atoms with Gasteiger partial charge in [-0.1, -0.05) is 23.7 Å². The summed E-state index contributed by atoms with van der Waals surface area (Å²) in [5, 5.41) is 4.05. The van der Waals surface area contributed by atoms with Crippen LogP contribution in [0.15, 0.2) is 29.4 Å². The molecule has 0 unspecified atom stereocenters. The van der Waals surface area contributed by atoms with Gasteiger partial charge in [0, 0.05) is 25.8 Å². The largest absolute Gasteiger partial charge is 0.398 e. The Kier molecular flexibility index (Phi) is 3.43. The van der Waals surface area contributed by atoms with E-state index in [4.69, 9.17) is 17.3 Å². The van der Waals surface area contributed by atoms with E-state index in [9.17, 15) is 8.42 Å². The van der Waals surface area contributed by atoms with Crippen LogP contribution in [0.3, 0.4) is 0 Å². The molecule has 6 nitrogen and oxygen atoms in total. The van der Waals surface area contributed by atoms with Crippen LogP contribution in [0.4, 0.5) is 5.69 Å². The second-order valence-corrected chi connectivity index (χ2v) is 7.26. The standard InChI is InChI=1S/C13H15ClN4O2S/c1-17-13(11(14)7-16-17)21(19,20)18-6-5-10-9(8-18)3-2-4-12(10)15/h2-4,7H,5-6,8,15H2,1H3. The highest BCUT2D eigenvalue weighted by molar-refractivity contribution is 7.89. The molecular formula is C13H15ClN4O2S. The summed E-state index contributed by atoms with van der Waals surface area (Å²) in [6.45, 7) is 0.676. The number of nitrogen functional groups attached to an aromatic ring is 1. The first-order valence-corrected chi connectivity index (χ1v) is 8.27. The predicted octanol–water partition coefficient (Wildman–Crippen LogP) is 1.40. The Morgan fingerprint density at radius 3 is 2.81 bits per heavy atom. The van der Waals surface area contributed by atoms with E-state index in [-0.39, 0.29) is 10.0 Å². The maximum Gasteiger partial charge on any atom is 0.262 e. The molecule has 112 valence electrons. The minimum atomic E-state index is -3.67. The van der Waals surface area contributed by atoms with Crippen molar-refractivity contribution >= 4 is 27.3 Å². The van der Waals surface area contributed by atoms with E-state index in [2.05, 4.69) is 5.10 Å². The summed E-state index contributed by atoms with van der Waals surface area (Å²) >= 11 is 5.97. The summed E-state index contributed by atoms with van der Waals surface area (Å²) in [6, 6.07) is 5.57. The van der Waals surface area contributed by atoms with E-state index in [0.717, 1.165) is 11.1 Å². The first-order chi connectivity index (χ1) is 9.91. The quantitative estimate of drug-likeness (QED) is 0.846. The third-order valence-electron chi connectivity index (χ3n) is 3.69. The summed E-state index contributed by atoms with van der Waals surface area (Å²) in [5.41, 5.74) is 8.61. The highest BCUT2D eigenvalue weighted by Crippen LogP contribution is 2.30. The Morgan fingerprint density at radius 1 is 1.38 bits per heavy atom. The lowest BCUT2D eigenvalue weighted by molar-refractivity contribution is 0.387. The van der Waals surface area contributed by atoms with Gasteiger partial charge in [0.2, 0.25) is 0 Å².